The zero-order valence-corrected chi connectivity index (χ0v) is 8.24. The summed E-state index contributed by atoms with van der Waals surface area (Å²) in [4.78, 5) is 13.9. The quantitative estimate of drug-likeness (QED) is 0.695. The Kier molecular flexibility index (Phi) is 4.70. The molecule has 0 aromatic carbocycles. The Morgan fingerprint density at radius 3 is 3.00 bits per heavy atom. The van der Waals surface area contributed by atoms with E-state index >= 15 is 0 Å². The predicted molar refractivity (Wildman–Crippen MR) is 52.8 cm³/mol. The minimum atomic E-state index is -0.802. The lowest BCUT2D eigenvalue weighted by Gasteiger charge is -2.03. The number of pyridine rings is 1. The molecule has 0 fully saturated rings. The van der Waals surface area contributed by atoms with Crippen LogP contribution in [0.5, 0.6) is 0 Å². The van der Waals surface area contributed by atoms with Crippen LogP contribution in [0.4, 0.5) is 4.39 Å². The van der Waals surface area contributed by atoms with Crippen LogP contribution in [0.2, 0.25) is 0 Å². The summed E-state index contributed by atoms with van der Waals surface area (Å²) in [7, 11) is 0. The van der Waals surface area contributed by atoms with Crippen LogP contribution in [-0.4, -0.2) is 22.6 Å². The lowest BCUT2D eigenvalue weighted by molar-refractivity contribution is -0.137. The third-order valence-corrected chi connectivity index (χ3v) is 1.83. The molecule has 0 amide bonds. The van der Waals surface area contributed by atoms with Gasteiger partial charge in [0.25, 0.3) is 0 Å². The van der Waals surface area contributed by atoms with Gasteiger partial charge < -0.3 is 10.4 Å². The molecule has 0 saturated carbocycles. The van der Waals surface area contributed by atoms with Crippen molar-refractivity contribution >= 4 is 5.97 Å². The molecule has 1 aromatic heterocycles. The number of carboxylic acid groups (broad SMARTS) is 1. The van der Waals surface area contributed by atoms with Crippen molar-refractivity contribution in [1.29, 1.82) is 0 Å². The molecule has 0 aliphatic rings. The zero-order valence-electron chi connectivity index (χ0n) is 8.24. The summed E-state index contributed by atoms with van der Waals surface area (Å²) in [6.45, 7) is 1.10. The van der Waals surface area contributed by atoms with E-state index in [1.54, 1.807) is 6.20 Å². The number of aliphatic carboxylic acids is 1. The average molecular weight is 212 g/mol. The van der Waals surface area contributed by atoms with Crippen molar-refractivity contribution in [2.24, 2.45) is 0 Å². The lowest BCUT2D eigenvalue weighted by atomic mass is 10.2. The number of aromatic nitrogens is 1. The average Bonchev–Trinajstić information content (AvgIpc) is 2.17. The maximum Gasteiger partial charge on any atom is 0.303 e. The van der Waals surface area contributed by atoms with Crippen LogP contribution >= 0.6 is 0 Å². The van der Waals surface area contributed by atoms with Crippen molar-refractivity contribution in [2.75, 3.05) is 6.54 Å². The molecule has 0 aliphatic carbocycles. The van der Waals surface area contributed by atoms with Crippen molar-refractivity contribution < 1.29 is 14.3 Å². The topological polar surface area (TPSA) is 62.2 Å². The Morgan fingerprint density at radius 2 is 2.33 bits per heavy atom. The van der Waals surface area contributed by atoms with E-state index in [0.717, 1.165) is 11.8 Å². The number of halogens is 1. The first-order valence-corrected chi connectivity index (χ1v) is 4.70. The smallest absolute Gasteiger partial charge is 0.303 e. The molecule has 4 nitrogen and oxygen atoms in total. The summed E-state index contributed by atoms with van der Waals surface area (Å²) < 4.78 is 12.7. The Labute approximate surface area is 87.1 Å². The largest absolute Gasteiger partial charge is 0.481 e. The maximum atomic E-state index is 12.7. The normalized spacial score (nSPS) is 10.2. The molecule has 0 unspecified atom stereocenters. The fourth-order valence-corrected chi connectivity index (χ4v) is 1.15. The Hall–Kier alpha value is -1.49. The SMILES string of the molecule is O=C(O)CCCNCc1cncc(F)c1. The van der Waals surface area contributed by atoms with Gasteiger partial charge in [-0.15, -0.1) is 0 Å². The number of hydrogen-bond acceptors (Lipinski definition) is 3. The molecule has 0 saturated heterocycles. The van der Waals surface area contributed by atoms with Crippen molar-refractivity contribution in [3.05, 3.63) is 29.8 Å². The van der Waals surface area contributed by atoms with Crippen molar-refractivity contribution in [3.63, 3.8) is 0 Å². The molecule has 15 heavy (non-hydrogen) atoms. The van der Waals surface area contributed by atoms with Crippen molar-refractivity contribution in [3.8, 4) is 0 Å². The van der Waals surface area contributed by atoms with E-state index in [0.29, 0.717) is 19.5 Å². The second kappa shape index (κ2) is 6.08. The molecule has 1 heterocycles. The van der Waals surface area contributed by atoms with Gasteiger partial charge in [0, 0.05) is 19.2 Å². The third kappa shape index (κ3) is 5.07. The Balaban J connectivity index is 2.17. The van der Waals surface area contributed by atoms with E-state index in [-0.39, 0.29) is 12.2 Å². The highest BCUT2D eigenvalue weighted by Crippen LogP contribution is 2.00. The number of nitrogens with one attached hydrogen (secondary N) is 1. The van der Waals surface area contributed by atoms with Gasteiger partial charge in [0.15, 0.2) is 0 Å². The molecule has 0 radical (unpaired) electrons. The molecule has 0 spiro atoms. The molecule has 1 rings (SSSR count). The summed E-state index contributed by atoms with van der Waals surface area (Å²) >= 11 is 0. The minimum absolute atomic E-state index is 0.147. The van der Waals surface area contributed by atoms with E-state index in [1.165, 1.54) is 6.07 Å². The lowest BCUT2D eigenvalue weighted by Crippen LogP contribution is -2.15. The minimum Gasteiger partial charge on any atom is -0.481 e. The third-order valence-electron chi connectivity index (χ3n) is 1.83. The number of nitrogens with zero attached hydrogens (tertiary/aromatic N) is 1. The van der Waals surface area contributed by atoms with Crippen LogP contribution in [0, 0.1) is 5.82 Å². The van der Waals surface area contributed by atoms with Gasteiger partial charge in [-0.25, -0.2) is 4.39 Å². The number of carboxylic acids is 1. The summed E-state index contributed by atoms with van der Waals surface area (Å²) in [5, 5.41) is 11.4. The molecule has 0 aliphatic heterocycles. The van der Waals surface area contributed by atoms with E-state index in [4.69, 9.17) is 5.11 Å². The molecule has 1 aromatic rings. The van der Waals surface area contributed by atoms with Crippen LogP contribution in [0.1, 0.15) is 18.4 Å². The van der Waals surface area contributed by atoms with Gasteiger partial charge in [0.05, 0.1) is 6.20 Å². The van der Waals surface area contributed by atoms with Crippen LogP contribution in [-0.2, 0) is 11.3 Å². The van der Waals surface area contributed by atoms with Gasteiger partial charge in [-0.3, -0.25) is 9.78 Å². The molecule has 0 bridgehead atoms. The first-order chi connectivity index (χ1) is 7.18. The number of hydrogen-bond donors (Lipinski definition) is 2. The van der Waals surface area contributed by atoms with Crippen LogP contribution in [0.3, 0.4) is 0 Å². The zero-order chi connectivity index (χ0) is 11.1. The van der Waals surface area contributed by atoms with Gasteiger partial charge in [-0.05, 0) is 24.6 Å². The summed E-state index contributed by atoms with van der Waals surface area (Å²) in [5.41, 5.74) is 0.755. The van der Waals surface area contributed by atoms with E-state index < -0.39 is 5.97 Å². The van der Waals surface area contributed by atoms with Gasteiger partial charge in [-0.1, -0.05) is 0 Å². The summed E-state index contributed by atoms with van der Waals surface area (Å²) in [5.74, 6) is -1.16. The molecule has 82 valence electrons. The van der Waals surface area contributed by atoms with E-state index in [2.05, 4.69) is 10.3 Å². The summed E-state index contributed by atoms with van der Waals surface area (Å²) in [6, 6.07) is 1.40. The Morgan fingerprint density at radius 1 is 1.53 bits per heavy atom. The van der Waals surface area contributed by atoms with Gasteiger partial charge in [-0.2, -0.15) is 0 Å². The number of rotatable bonds is 6. The first kappa shape index (κ1) is 11.6. The fraction of sp³-hybridized carbons (Fsp3) is 0.400. The van der Waals surface area contributed by atoms with Crippen LogP contribution in [0.25, 0.3) is 0 Å². The van der Waals surface area contributed by atoms with Gasteiger partial charge >= 0.3 is 5.97 Å². The highest BCUT2D eigenvalue weighted by atomic mass is 19.1. The monoisotopic (exact) mass is 212 g/mol. The second-order valence-corrected chi connectivity index (χ2v) is 3.19. The maximum absolute atomic E-state index is 12.7. The molecular formula is C10H13FN2O2. The molecule has 0 atom stereocenters. The van der Waals surface area contributed by atoms with E-state index in [9.17, 15) is 9.18 Å². The van der Waals surface area contributed by atoms with Crippen LogP contribution < -0.4 is 5.32 Å². The number of carbonyl (C=O) groups is 1. The summed E-state index contributed by atoms with van der Waals surface area (Å²) in [6.07, 6.45) is 3.44. The fourth-order valence-electron chi connectivity index (χ4n) is 1.15. The van der Waals surface area contributed by atoms with Gasteiger partial charge in [0.2, 0.25) is 0 Å². The van der Waals surface area contributed by atoms with Gasteiger partial charge in [0.1, 0.15) is 5.82 Å². The van der Waals surface area contributed by atoms with Crippen molar-refractivity contribution in [2.45, 2.75) is 19.4 Å². The Bertz CT molecular complexity index is 331. The van der Waals surface area contributed by atoms with Crippen LogP contribution in [0.15, 0.2) is 18.5 Å². The standard InChI is InChI=1S/C10H13FN2O2/c11-9-4-8(6-13-7-9)5-12-3-1-2-10(14)15/h4,6-7,12H,1-3,5H2,(H,14,15). The molecule has 5 heteroatoms. The van der Waals surface area contributed by atoms with E-state index in [1.807, 2.05) is 0 Å². The highest BCUT2D eigenvalue weighted by Gasteiger charge is 1.97. The first-order valence-electron chi connectivity index (χ1n) is 4.70. The second-order valence-electron chi connectivity index (χ2n) is 3.19. The molecule has 2 N–H and O–H groups in total. The highest BCUT2D eigenvalue weighted by molar-refractivity contribution is 5.66. The predicted octanol–water partition coefficient (Wildman–Crippen LogP) is 1.18. The van der Waals surface area contributed by atoms with Crippen molar-refractivity contribution in [1.82, 2.24) is 10.3 Å². The molecular weight excluding hydrogens is 199 g/mol.